The fourth-order valence-corrected chi connectivity index (χ4v) is 4.64. The third kappa shape index (κ3) is 4.61. The molecule has 6 heteroatoms. The minimum absolute atomic E-state index is 0.124. The van der Waals surface area contributed by atoms with Crippen LogP contribution in [-0.4, -0.2) is 26.9 Å². The first-order chi connectivity index (χ1) is 10.1. The molecular formula is C15H24N2O2S2. The summed E-state index contributed by atoms with van der Waals surface area (Å²) in [5.41, 5.74) is 0.871. The fraction of sp³-hybridized carbons (Fsp3) is 0.733. The summed E-state index contributed by atoms with van der Waals surface area (Å²) >= 11 is 1.68. The molecule has 1 amide bonds. The number of aromatic nitrogens is 1. The summed E-state index contributed by atoms with van der Waals surface area (Å²) < 4.78 is 12.3. The van der Waals surface area contributed by atoms with Gasteiger partial charge in [-0.3, -0.25) is 9.00 Å². The lowest BCUT2D eigenvalue weighted by atomic mass is 10.1. The maximum Gasteiger partial charge on any atom is 0.235 e. The van der Waals surface area contributed by atoms with Crippen LogP contribution >= 0.6 is 11.3 Å². The van der Waals surface area contributed by atoms with Crippen molar-refractivity contribution in [3.63, 3.8) is 0 Å². The number of carbonyl (C=O) groups is 1. The van der Waals surface area contributed by atoms with Gasteiger partial charge in [0.1, 0.15) is 5.25 Å². The number of amides is 1. The first-order valence-corrected chi connectivity index (χ1v) is 9.97. The van der Waals surface area contributed by atoms with E-state index in [-0.39, 0.29) is 5.91 Å². The Morgan fingerprint density at radius 2 is 2.24 bits per heavy atom. The Bertz CT molecular complexity index is 496. The Balaban J connectivity index is 1.88. The summed E-state index contributed by atoms with van der Waals surface area (Å²) in [6.45, 7) is 4.37. The van der Waals surface area contributed by atoms with E-state index in [0.29, 0.717) is 18.2 Å². The average molecular weight is 329 g/mol. The summed E-state index contributed by atoms with van der Waals surface area (Å²) in [7, 11) is -1.21. The molecule has 0 aromatic carbocycles. The number of hydrogen-bond acceptors (Lipinski definition) is 4. The SMILES string of the molecule is CCCNC(=O)[C@@H](C)[S@@](=O)Cc1csc(C2CCCC2)n1. The van der Waals surface area contributed by atoms with Crippen molar-refractivity contribution in [3.8, 4) is 0 Å². The van der Waals surface area contributed by atoms with Crippen LogP contribution in [0.25, 0.3) is 0 Å². The highest BCUT2D eigenvalue weighted by molar-refractivity contribution is 7.85. The fourth-order valence-electron chi connectivity index (χ4n) is 2.53. The second-order valence-corrected chi connectivity index (χ2v) is 8.26. The Labute approximate surface area is 133 Å². The highest BCUT2D eigenvalue weighted by Crippen LogP contribution is 2.35. The zero-order chi connectivity index (χ0) is 15.2. The summed E-state index contributed by atoms with van der Waals surface area (Å²) in [4.78, 5) is 16.5. The third-order valence-corrected chi connectivity index (χ3v) is 6.52. The lowest BCUT2D eigenvalue weighted by Gasteiger charge is -2.10. The molecular weight excluding hydrogens is 304 g/mol. The highest BCUT2D eigenvalue weighted by atomic mass is 32.2. The summed E-state index contributed by atoms with van der Waals surface area (Å²) in [5, 5.41) is 5.51. The molecule has 0 radical (unpaired) electrons. The summed E-state index contributed by atoms with van der Waals surface area (Å²) in [5.74, 6) is 0.855. The molecule has 21 heavy (non-hydrogen) atoms. The van der Waals surface area contributed by atoms with Crippen molar-refractivity contribution >= 4 is 28.0 Å². The maximum absolute atomic E-state index is 12.3. The second kappa shape index (κ2) is 8.03. The van der Waals surface area contributed by atoms with Crippen LogP contribution in [0.4, 0.5) is 0 Å². The van der Waals surface area contributed by atoms with Crippen LogP contribution in [-0.2, 0) is 21.3 Å². The van der Waals surface area contributed by atoms with E-state index >= 15 is 0 Å². The minimum Gasteiger partial charge on any atom is -0.355 e. The number of thiazole rings is 1. The molecule has 0 saturated heterocycles. The van der Waals surface area contributed by atoms with E-state index in [1.165, 1.54) is 30.7 Å². The average Bonchev–Trinajstić information content (AvgIpc) is 3.14. The Morgan fingerprint density at radius 1 is 1.52 bits per heavy atom. The van der Waals surface area contributed by atoms with Crippen LogP contribution in [0.5, 0.6) is 0 Å². The molecule has 1 N–H and O–H groups in total. The number of hydrogen-bond donors (Lipinski definition) is 1. The molecule has 118 valence electrons. The Morgan fingerprint density at radius 3 is 2.90 bits per heavy atom. The largest absolute Gasteiger partial charge is 0.355 e. The molecule has 1 aromatic heterocycles. The van der Waals surface area contributed by atoms with Gasteiger partial charge in [-0.2, -0.15) is 0 Å². The van der Waals surface area contributed by atoms with Crippen LogP contribution in [0.3, 0.4) is 0 Å². The van der Waals surface area contributed by atoms with Gasteiger partial charge >= 0.3 is 0 Å². The van der Waals surface area contributed by atoms with E-state index in [1.807, 2.05) is 12.3 Å². The molecule has 2 rings (SSSR count). The van der Waals surface area contributed by atoms with Gasteiger partial charge in [0.15, 0.2) is 0 Å². The monoisotopic (exact) mass is 328 g/mol. The molecule has 0 unspecified atom stereocenters. The molecule has 1 heterocycles. The zero-order valence-corrected chi connectivity index (χ0v) is 14.4. The second-order valence-electron chi connectivity index (χ2n) is 5.62. The van der Waals surface area contributed by atoms with Gasteiger partial charge in [-0.15, -0.1) is 11.3 Å². The molecule has 1 fully saturated rings. The molecule has 2 atom stereocenters. The number of nitrogens with one attached hydrogen (secondary N) is 1. The van der Waals surface area contributed by atoms with Crippen molar-refractivity contribution < 1.29 is 9.00 Å². The van der Waals surface area contributed by atoms with Crippen LogP contribution in [0.2, 0.25) is 0 Å². The Hall–Kier alpha value is -0.750. The quantitative estimate of drug-likeness (QED) is 0.837. The molecule has 1 aliphatic rings. The lowest BCUT2D eigenvalue weighted by molar-refractivity contribution is -0.120. The molecule has 1 aliphatic carbocycles. The summed E-state index contributed by atoms with van der Waals surface area (Å²) in [6, 6.07) is 0. The van der Waals surface area contributed by atoms with Crippen molar-refractivity contribution in [2.75, 3.05) is 6.54 Å². The first kappa shape index (κ1) is 16.6. The van der Waals surface area contributed by atoms with Gasteiger partial charge in [0.25, 0.3) is 0 Å². The standard InChI is InChI=1S/C15H24N2O2S2/c1-3-8-16-14(18)11(2)21(19)10-13-9-20-15(17-13)12-6-4-5-7-12/h9,11-12H,3-8,10H2,1-2H3,(H,16,18)/t11-,21+/m1/s1. The van der Waals surface area contributed by atoms with Gasteiger partial charge in [-0.25, -0.2) is 4.98 Å². The van der Waals surface area contributed by atoms with Gasteiger partial charge in [0.2, 0.25) is 5.91 Å². The Kier molecular flexibility index (Phi) is 6.36. The van der Waals surface area contributed by atoms with Crippen molar-refractivity contribution in [2.24, 2.45) is 0 Å². The van der Waals surface area contributed by atoms with E-state index < -0.39 is 16.0 Å². The van der Waals surface area contributed by atoms with Crippen molar-refractivity contribution in [2.45, 2.75) is 62.9 Å². The summed E-state index contributed by atoms with van der Waals surface area (Å²) in [6.07, 6.45) is 5.93. The normalized spacial score (nSPS) is 18.6. The first-order valence-electron chi connectivity index (χ1n) is 7.71. The van der Waals surface area contributed by atoms with Crippen LogP contribution in [0.1, 0.15) is 62.6 Å². The predicted octanol–water partition coefficient (Wildman–Crippen LogP) is 2.96. The molecule has 0 bridgehead atoms. The minimum atomic E-state index is -1.21. The van der Waals surface area contributed by atoms with Crippen LogP contribution in [0, 0.1) is 0 Å². The predicted molar refractivity (Wildman–Crippen MR) is 87.9 cm³/mol. The highest BCUT2D eigenvalue weighted by Gasteiger charge is 2.23. The van der Waals surface area contributed by atoms with Crippen molar-refractivity contribution in [1.29, 1.82) is 0 Å². The number of nitrogens with zero attached hydrogens (tertiary/aromatic N) is 1. The zero-order valence-electron chi connectivity index (χ0n) is 12.8. The van der Waals surface area contributed by atoms with Crippen molar-refractivity contribution in [3.05, 3.63) is 16.1 Å². The number of carbonyl (C=O) groups excluding carboxylic acids is 1. The van der Waals surface area contributed by atoms with Gasteiger partial charge in [0.05, 0.1) is 16.5 Å². The van der Waals surface area contributed by atoms with Crippen LogP contribution in [0.15, 0.2) is 5.38 Å². The lowest BCUT2D eigenvalue weighted by Crippen LogP contribution is -2.36. The van der Waals surface area contributed by atoms with E-state index in [1.54, 1.807) is 18.3 Å². The molecule has 1 aromatic rings. The van der Waals surface area contributed by atoms with Gasteiger partial charge in [-0.1, -0.05) is 19.8 Å². The van der Waals surface area contributed by atoms with E-state index in [0.717, 1.165) is 12.1 Å². The molecule has 0 spiro atoms. The van der Waals surface area contributed by atoms with E-state index in [4.69, 9.17) is 0 Å². The van der Waals surface area contributed by atoms with E-state index in [2.05, 4.69) is 10.3 Å². The van der Waals surface area contributed by atoms with Crippen LogP contribution < -0.4 is 5.32 Å². The molecule has 0 aliphatic heterocycles. The van der Waals surface area contributed by atoms with Gasteiger partial charge < -0.3 is 5.32 Å². The van der Waals surface area contributed by atoms with Gasteiger partial charge in [0, 0.05) is 28.6 Å². The maximum atomic E-state index is 12.3. The van der Waals surface area contributed by atoms with Crippen molar-refractivity contribution in [1.82, 2.24) is 10.3 Å². The molecule has 1 saturated carbocycles. The third-order valence-electron chi connectivity index (χ3n) is 3.88. The smallest absolute Gasteiger partial charge is 0.235 e. The number of rotatable bonds is 7. The topological polar surface area (TPSA) is 59.1 Å². The van der Waals surface area contributed by atoms with E-state index in [9.17, 15) is 9.00 Å². The molecule has 4 nitrogen and oxygen atoms in total. The van der Waals surface area contributed by atoms with Gasteiger partial charge in [-0.05, 0) is 26.2 Å².